The molecule has 1 unspecified atom stereocenters. The monoisotopic (exact) mass is 1090 g/mol. The summed E-state index contributed by atoms with van der Waals surface area (Å²) >= 11 is 0. The van der Waals surface area contributed by atoms with Crippen LogP contribution in [-0.4, -0.2) is 137 Å². The molecule has 1 aliphatic heterocycles. The van der Waals surface area contributed by atoms with E-state index in [9.17, 15) is 43.8 Å². The number of aliphatic hydroxyl groups is 2. The highest BCUT2D eigenvalue weighted by Gasteiger charge is 2.79. The van der Waals surface area contributed by atoms with Crippen LogP contribution in [0.3, 0.4) is 0 Å². The molecule has 3 aromatic rings. The molecule has 0 spiro atoms. The molecule has 19 nitrogen and oxygen atoms in total. The third-order valence-electron chi connectivity index (χ3n) is 14.7. The molecule has 21 heteroatoms. The Morgan fingerprint density at radius 2 is 1.41 bits per heavy atom. The molecule has 2 saturated carbocycles. The van der Waals surface area contributed by atoms with Gasteiger partial charge in [0.05, 0.1) is 29.5 Å². The van der Waals surface area contributed by atoms with Crippen LogP contribution >= 0.6 is 21.6 Å². The summed E-state index contributed by atoms with van der Waals surface area (Å²) in [6.07, 6.45) is -11.4. The first-order valence-electron chi connectivity index (χ1n) is 24.5. The number of aliphatic hydroxyl groups excluding tert-OH is 1. The zero-order chi connectivity index (χ0) is 55.2. The number of hydrogen-bond donors (Lipinski definition) is 3. The molecule has 3 N–H and O–H groups in total. The number of fused-ring (bicyclic) bond motifs is 5. The Bertz CT molecular complexity index is 2720. The molecular weight excluding hydrogens is 1030 g/mol. The van der Waals surface area contributed by atoms with E-state index in [1.807, 2.05) is 0 Å². The van der Waals surface area contributed by atoms with Crippen LogP contribution in [0, 0.1) is 16.7 Å². The minimum atomic E-state index is -2.51. The largest absolute Gasteiger partial charge is 0.508 e. The average molecular weight is 1090 g/mol. The second kappa shape index (κ2) is 23.8. The normalized spacial score (nSPS) is 27.9. The summed E-state index contributed by atoms with van der Waals surface area (Å²) in [5, 5.41) is 28.7. The standard InChI is InChI=1S/C55H61NO18S2/c1-8-40(59)67-24-26-75-76-27-25-68-51(65)72-38-28-39-54(30-69-39,74-33(4)58)45-47(73-49(63)36-22-16-11-17-23-36)55(66)29-37(31(2)41(52(55,5)6)44(70-32(3)57)46(61)53(38,45)7)71-50(64)43(60)42(34-18-12-9-13-19-34)56-48(62)35-20-14-10-15-21-35/h8-23,37-39,42-45,47,60,66H,1,24-30H2,2-7H3,(H,56,62)/t37-,38-,39+,42-,43+,44+,45?,47-,53+,54-,55+/m0/s1. The van der Waals surface area contributed by atoms with Gasteiger partial charge in [-0.2, -0.15) is 0 Å². The molecule has 2 bridgehead atoms. The van der Waals surface area contributed by atoms with Crippen molar-refractivity contribution in [3.05, 3.63) is 131 Å². The van der Waals surface area contributed by atoms with Gasteiger partial charge in [0, 0.05) is 55.2 Å². The minimum absolute atomic E-state index is 0.0130. The first-order valence-corrected chi connectivity index (χ1v) is 27.0. The van der Waals surface area contributed by atoms with E-state index in [1.165, 1.54) is 61.4 Å². The van der Waals surface area contributed by atoms with E-state index in [4.69, 9.17) is 37.9 Å². The Labute approximate surface area is 447 Å². The molecule has 76 heavy (non-hydrogen) atoms. The van der Waals surface area contributed by atoms with Gasteiger partial charge < -0.3 is 53.4 Å². The van der Waals surface area contributed by atoms with Crippen molar-refractivity contribution in [2.24, 2.45) is 16.7 Å². The zero-order valence-electron chi connectivity index (χ0n) is 42.8. The van der Waals surface area contributed by atoms with Gasteiger partial charge in [-0.15, -0.1) is 0 Å². The zero-order valence-corrected chi connectivity index (χ0v) is 44.4. The molecule has 3 aliphatic carbocycles. The summed E-state index contributed by atoms with van der Waals surface area (Å²) < 4.78 is 47.5. The number of rotatable bonds is 19. The molecule has 406 valence electrons. The quantitative estimate of drug-likeness (QED) is 0.0310. The van der Waals surface area contributed by atoms with Crippen LogP contribution in [0.5, 0.6) is 0 Å². The van der Waals surface area contributed by atoms with E-state index in [0.29, 0.717) is 11.3 Å². The van der Waals surface area contributed by atoms with Crippen molar-refractivity contribution < 1.29 is 86.5 Å². The van der Waals surface area contributed by atoms with E-state index < -0.39 is 131 Å². The molecule has 0 radical (unpaired) electrons. The SMILES string of the molecule is C=CC(=O)OCCSSCCOC(=O)O[C@H]1C[C@H]2OC[C@@]2(OC(C)=O)C2[C@H](OC(=O)c3ccccc3)[C@]3(O)C[C@H](OC(=O)[C@H](O)[C@@H](NC(=O)c4ccccc4)c4ccccc4)C(C)=C([C@@H](OC(C)=O)C(=O)[C@@]21C)C3(C)C. The van der Waals surface area contributed by atoms with Crippen molar-refractivity contribution in [2.75, 3.05) is 31.3 Å². The van der Waals surface area contributed by atoms with E-state index >= 15 is 4.79 Å². The highest BCUT2D eigenvalue weighted by atomic mass is 33.1. The first-order chi connectivity index (χ1) is 36.1. The highest BCUT2D eigenvalue weighted by molar-refractivity contribution is 8.76. The average Bonchev–Trinajstić information content (AvgIpc) is 3.59. The maximum atomic E-state index is 16.2. The Hall–Kier alpha value is -6.52. The third kappa shape index (κ3) is 11.4. The molecule has 1 heterocycles. The number of nitrogens with one attached hydrogen (secondary N) is 1. The molecule has 4 aliphatic rings. The smallest absolute Gasteiger partial charge is 0.462 e. The highest BCUT2D eigenvalue weighted by Crippen LogP contribution is 2.65. The predicted molar refractivity (Wildman–Crippen MR) is 274 cm³/mol. The number of esters is 5. The van der Waals surface area contributed by atoms with Crippen LogP contribution in [0.2, 0.25) is 0 Å². The van der Waals surface area contributed by atoms with Crippen molar-refractivity contribution in [3.8, 4) is 0 Å². The van der Waals surface area contributed by atoms with Gasteiger partial charge in [-0.25, -0.2) is 19.2 Å². The summed E-state index contributed by atoms with van der Waals surface area (Å²) in [5.41, 5.74) is -7.79. The Morgan fingerprint density at radius 3 is 1.97 bits per heavy atom. The lowest BCUT2D eigenvalue weighted by Gasteiger charge is -2.67. The van der Waals surface area contributed by atoms with Gasteiger partial charge in [0.25, 0.3) is 5.91 Å². The molecule has 11 atom stereocenters. The fourth-order valence-electron chi connectivity index (χ4n) is 11.0. The Kier molecular flexibility index (Phi) is 17.9. The number of carbonyl (C=O) groups excluding carboxylic acids is 8. The number of Topliss-reactive ketones (excluding diaryl/α,β-unsaturated/α-hetero) is 1. The minimum Gasteiger partial charge on any atom is -0.462 e. The number of carbonyl (C=O) groups is 8. The van der Waals surface area contributed by atoms with Crippen molar-refractivity contribution in [3.63, 3.8) is 0 Å². The van der Waals surface area contributed by atoms with Crippen molar-refractivity contribution >= 4 is 69.3 Å². The van der Waals surface area contributed by atoms with Crippen LogP contribution in [0.25, 0.3) is 0 Å². The summed E-state index contributed by atoms with van der Waals surface area (Å²) in [7, 11) is 2.67. The fourth-order valence-corrected chi connectivity index (χ4v) is 12.6. The van der Waals surface area contributed by atoms with Crippen molar-refractivity contribution in [1.82, 2.24) is 5.32 Å². The molecule has 0 aromatic heterocycles. The molecule has 1 amide bonds. The third-order valence-corrected chi connectivity index (χ3v) is 17.1. The van der Waals surface area contributed by atoms with Gasteiger partial charge in [0.2, 0.25) is 0 Å². The summed E-state index contributed by atoms with van der Waals surface area (Å²) in [4.78, 5) is 111. The number of hydrogen-bond acceptors (Lipinski definition) is 20. The molecular formula is C55H61NO18S2. The maximum Gasteiger partial charge on any atom is 0.508 e. The predicted octanol–water partition coefficient (Wildman–Crippen LogP) is 6.01. The van der Waals surface area contributed by atoms with Gasteiger partial charge in [-0.1, -0.05) is 109 Å². The van der Waals surface area contributed by atoms with E-state index in [1.54, 1.807) is 78.9 Å². The number of benzene rings is 3. The van der Waals surface area contributed by atoms with Gasteiger partial charge in [0.15, 0.2) is 23.6 Å². The van der Waals surface area contributed by atoms with Crippen molar-refractivity contribution in [1.29, 1.82) is 0 Å². The van der Waals surface area contributed by atoms with Crippen LogP contribution in [0.15, 0.2) is 115 Å². The van der Waals surface area contributed by atoms with E-state index in [0.717, 1.165) is 19.9 Å². The van der Waals surface area contributed by atoms with Crippen LogP contribution < -0.4 is 5.32 Å². The number of ketones is 1. The molecule has 3 aromatic carbocycles. The lowest BCUT2D eigenvalue weighted by atomic mass is 9.44. The molecule has 3 fully saturated rings. The lowest BCUT2D eigenvalue weighted by Crippen LogP contribution is -2.82. The van der Waals surface area contributed by atoms with Crippen LogP contribution in [0.1, 0.15) is 86.7 Å². The van der Waals surface area contributed by atoms with Gasteiger partial charge >= 0.3 is 36.0 Å². The maximum absolute atomic E-state index is 16.2. The summed E-state index contributed by atoms with van der Waals surface area (Å²) in [5.74, 6) is -7.20. The first kappa shape index (κ1) is 57.2. The van der Waals surface area contributed by atoms with Crippen LogP contribution in [-0.2, 0) is 61.9 Å². The summed E-state index contributed by atoms with van der Waals surface area (Å²) in [6.45, 7) is 11.0. The summed E-state index contributed by atoms with van der Waals surface area (Å²) in [6, 6.07) is 22.6. The Balaban J connectivity index is 1.33. The van der Waals surface area contributed by atoms with Gasteiger partial charge in [-0.3, -0.25) is 19.2 Å². The molecule has 7 rings (SSSR count). The van der Waals surface area contributed by atoms with Gasteiger partial charge in [-0.05, 0) is 54.8 Å². The van der Waals surface area contributed by atoms with Crippen LogP contribution in [0.4, 0.5) is 4.79 Å². The second-order valence-electron chi connectivity index (χ2n) is 19.6. The topological polar surface area (TPSA) is 263 Å². The lowest BCUT2D eigenvalue weighted by molar-refractivity contribution is -0.346. The number of amides is 1. The van der Waals surface area contributed by atoms with Gasteiger partial charge in [0.1, 0.15) is 43.2 Å². The second-order valence-corrected chi connectivity index (χ2v) is 22.3. The van der Waals surface area contributed by atoms with E-state index in [2.05, 4.69) is 11.9 Å². The fraction of sp³-hybridized carbons (Fsp3) is 0.455. The molecule has 1 saturated heterocycles. The van der Waals surface area contributed by atoms with E-state index in [-0.39, 0.29) is 47.7 Å². The Morgan fingerprint density at radius 1 is 0.816 bits per heavy atom. The van der Waals surface area contributed by atoms with Crippen molar-refractivity contribution in [2.45, 2.75) is 108 Å². The number of ether oxygens (including phenoxy) is 8.